The fourth-order valence-corrected chi connectivity index (χ4v) is 3.18. The van der Waals surface area contributed by atoms with Crippen molar-refractivity contribution in [2.45, 2.75) is 5.92 Å². The minimum absolute atomic E-state index is 0.642. The Kier molecular flexibility index (Phi) is 1.94. The van der Waals surface area contributed by atoms with Crippen LogP contribution < -0.4 is 10.1 Å². The van der Waals surface area contributed by atoms with E-state index in [1.54, 1.807) is 0 Å². The molecule has 0 aromatic heterocycles. The van der Waals surface area contributed by atoms with Crippen LogP contribution in [0, 0.1) is 5.92 Å². The van der Waals surface area contributed by atoms with Crippen LogP contribution in [0.1, 0.15) is 11.5 Å². The fourth-order valence-electron chi connectivity index (χ4n) is 3.18. The first-order valence-electron chi connectivity index (χ1n) is 6.28. The van der Waals surface area contributed by atoms with Gasteiger partial charge in [-0.1, -0.05) is 36.4 Å². The Bertz CT molecular complexity index is 578. The van der Waals surface area contributed by atoms with E-state index >= 15 is 0 Å². The van der Waals surface area contributed by atoms with Gasteiger partial charge in [-0.3, -0.25) is 0 Å². The second-order valence-corrected chi connectivity index (χ2v) is 5.04. The van der Waals surface area contributed by atoms with E-state index in [1.807, 2.05) is 0 Å². The molecule has 2 heterocycles. The normalized spacial score (nSPS) is 26.4. The number of hydrogen-bond acceptors (Lipinski definition) is 2. The average Bonchev–Trinajstić information content (AvgIpc) is 2.86. The maximum atomic E-state index is 6.01. The standard InChI is InChI=1S/C15H15NO/c1-2-4-12-10(3-1)5-6-13-14-8-16-7-11(14)9-17-15(12)13/h1-6,11,14,16H,7-9H2/t11-,14-/m1/s1. The van der Waals surface area contributed by atoms with E-state index in [4.69, 9.17) is 4.74 Å². The van der Waals surface area contributed by atoms with Crippen LogP contribution in [0.25, 0.3) is 10.8 Å². The summed E-state index contributed by atoms with van der Waals surface area (Å²) in [7, 11) is 0. The van der Waals surface area contributed by atoms with Crippen molar-refractivity contribution < 1.29 is 4.74 Å². The molecule has 0 radical (unpaired) electrons. The van der Waals surface area contributed by atoms with Crippen LogP contribution in [0.5, 0.6) is 5.75 Å². The molecule has 0 aliphatic carbocycles. The second-order valence-electron chi connectivity index (χ2n) is 5.04. The first-order chi connectivity index (χ1) is 8.43. The third-order valence-corrected chi connectivity index (χ3v) is 4.09. The van der Waals surface area contributed by atoms with Crippen molar-refractivity contribution >= 4 is 10.8 Å². The molecule has 2 atom stereocenters. The summed E-state index contributed by atoms with van der Waals surface area (Å²) in [5.74, 6) is 2.42. The molecule has 2 heteroatoms. The van der Waals surface area contributed by atoms with Crippen molar-refractivity contribution in [2.24, 2.45) is 5.92 Å². The molecule has 2 aliphatic heterocycles. The Hall–Kier alpha value is -1.54. The molecular weight excluding hydrogens is 210 g/mol. The van der Waals surface area contributed by atoms with Gasteiger partial charge < -0.3 is 10.1 Å². The highest BCUT2D eigenvalue weighted by Gasteiger charge is 2.35. The van der Waals surface area contributed by atoms with Crippen LogP contribution in [-0.2, 0) is 0 Å². The largest absolute Gasteiger partial charge is 0.492 e. The fraction of sp³-hybridized carbons (Fsp3) is 0.333. The lowest BCUT2D eigenvalue weighted by Crippen LogP contribution is -2.24. The highest BCUT2D eigenvalue weighted by Crippen LogP contribution is 2.42. The summed E-state index contributed by atoms with van der Waals surface area (Å²) in [6, 6.07) is 13.0. The van der Waals surface area contributed by atoms with Gasteiger partial charge in [0, 0.05) is 30.3 Å². The average molecular weight is 225 g/mol. The zero-order valence-corrected chi connectivity index (χ0v) is 9.65. The summed E-state index contributed by atoms with van der Waals surface area (Å²) in [6.07, 6.45) is 0. The van der Waals surface area contributed by atoms with Crippen LogP contribution in [-0.4, -0.2) is 19.7 Å². The Balaban J connectivity index is 1.97. The smallest absolute Gasteiger partial charge is 0.130 e. The van der Waals surface area contributed by atoms with Gasteiger partial charge in [0.1, 0.15) is 5.75 Å². The van der Waals surface area contributed by atoms with Gasteiger partial charge in [0.15, 0.2) is 0 Å². The minimum Gasteiger partial charge on any atom is -0.492 e. The highest BCUT2D eigenvalue weighted by atomic mass is 16.5. The SMILES string of the molecule is c1ccc2c3c(ccc2c1)[C@@H]1CNC[C@@H]1CO3. The van der Waals surface area contributed by atoms with E-state index < -0.39 is 0 Å². The van der Waals surface area contributed by atoms with Gasteiger partial charge in [-0.15, -0.1) is 0 Å². The van der Waals surface area contributed by atoms with Crippen LogP contribution in [0.3, 0.4) is 0 Å². The van der Waals surface area contributed by atoms with Crippen LogP contribution in [0.2, 0.25) is 0 Å². The van der Waals surface area contributed by atoms with Gasteiger partial charge in [-0.05, 0) is 10.9 Å². The molecule has 1 saturated heterocycles. The van der Waals surface area contributed by atoms with E-state index in [9.17, 15) is 0 Å². The summed E-state index contributed by atoms with van der Waals surface area (Å²) >= 11 is 0. The quantitative estimate of drug-likeness (QED) is 0.744. The van der Waals surface area contributed by atoms with Crippen molar-refractivity contribution in [2.75, 3.05) is 19.7 Å². The van der Waals surface area contributed by atoms with E-state index in [0.29, 0.717) is 11.8 Å². The first-order valence-corrected chi connectivity index (χ1v) is 6.28. The zero-order valence-electron chi connectivity index (χ0n) is 9.65. The number of rotatable bonds is 0. The first kappa shape index (κ1) is 9.49. The molecule has 2 aromatic carbocycles. The van der Waals surface area contributed by atoms with E-state index in [0.717, 1.165) is 25.4 Å². The maximum absolute atomic E-state index is 6.01. The van der Waals surface area contributed by atoms with Gasteiger partial charge in [-0.2, -0.15) is 0 Å². The molecule has 1 fully saturated rings. The van der Waals surface area contributed by atoms with Gasteiger partial charge in [-0.25, -0.2) is 0 Å². The minimum atomic E-state index is 0.642. The van der Waals surface area contributed by atoms with Crippen molar-refractivity contribution in [3.63, 3.8) is 0 Å². The summed E-state index contributed by atoms with van der Waals surface area (Å²) in [5, 5.41) is 6.01. The zero-order chi connectivity index (χ0) is 11.2. The monoisotopic (exact) mass is 225 g/mol. The van der Waals surface area contributed by atoms with Crippen LogP contribution in [0.15, 0.2) is 36.4 Å². The molecular formula is C15H15NO. The van der Waals surface area contributed by atoms with Crippen molar-refractivity contribution in [3.8, 4) is 5.75 Å². The molecule has 86 valence electrons. The van der Waals surface area contributed by atoms with E-state index in [-0.39, 0.29) is 0 Å². The number of benzene rings is 2. The predicted molar refractivity (Wildman–Crippen MR) is 68.5 cm³/mol. The molecule has 0 amide bonds. The van der Waals surface area contributed by atoms with Crippen molar-refractivity contribution in [1.29, 1.82) is 0 Å². The lowest BCUT2D eigenvalue weighted by Gasteiger charge is -2.28. The van der Waals surface area contributed by atoms with Crippen molar-refractivity contribution in [3.05, 3.63) is 42.0 Å². The Morgan fingerprint density at radius 3 is 3.00 bits per heavy atom. The van der Waals surface area contributed by atoms with E-state index in [2.05, 4.69) is 41.7 Å². The lowest BCUT2D eigenvalue weighted by molar-refractivity contribution is 0.222. The second kappa shape index (κ2) is 3.47. The van der Waals surface area contributed by atoms with Crippen molar-refractivity contribution in [1.82, 2.24) is 5.32 Å². The Labute approximate surface area is 101 Å². The van der Waals surface area contributed by atoms with Gasteiger partial charge in [0.05, 0.1) is 6.61 Å². The molecule has 1 N–H and O–H groups in total. The molecule has 17 heavy (non-hydrogen) atoms. The topological polar surface area (TPSA) is 21.3 Å². The Morgan fingerprint density at radius 2 is 2.00 bits per heavy atom. The maximum Gasteiger partial charge on any atom is 0.130 e. The number of fused-ring (bicyclic) bond motifs is 5. The highest BCUT2D eigenvalue weighted by molar-refractivity contribution is 5.90. The predicted octanol–water partition coefficient (Wildman–Crippen LogP) is 2.54. The third-order valence-electron chi connectivity index (χ3n) is 4.09. The summed E-state index contributed by atoms with van der Waals surface area (Å²) in [4.78, 5) is 0. The molecule has 2 aromatic rings. The van der Waals surface area contributed by atoms with Gasteiger partial charge in [0.2, 0.25) is 0 Å². The summed E-state index contributed by atoms with van der Waals surface area (Å²) in [6.45, 7) is 3.05. The molecule has 2 nitrogen and oxygen atoms in total. The molecule has 0 bridgehead atoms. The summed E-state index contributed by atoms with van der Waals surface area (Å²) in [5.41, 5.74) is 1.39. The van der Waals surface area contributed by atoms with E-state index in [1.165, 1.54) is 16.3 Å². The Morgan fingerprint density at radius 1 is 1.06 bits per heavy atom. The van der Waals surface area contributed by atoms with Gasteiger partial charge >= 0.3 is 0 Å². The lowest BCUT2D eigenvalue weighted by atomic mass is 9.85. The molecule has 0 saturated carbocycles. The molecule has 4 rings (SSSR count). The van der Waals surface area contributed by atoms with Crippen LogP contribution in [0.4, 0.5) is 0 Å². The molecule has 0 unspecified atom stereocenters. The molecule has 2 aliphatic rings. The van der Waals surface area contributed by atoms with Crippen LogP contribution >= 0.6 is 0 Å². The summed E-state index contributed by atoms with van der Waals surface area (Å²) < 4.78 is 6.01. The number of nitrogens with one attached hydrogen (secondary N) is 1. The number of ether oxygens (including phenoxy) is 1. The third kappa shape index (κ3) is 1.31. The number of hydrogen-bond donors (Lipinski definition) is 1. The van der Waals surface area contributed by atoms with Gasteiger partial charge in [0.25, 0.3) is 0 Å². The molecule has 0 spiro atoms.